The van der Waals surface area contributed by atoms with Gasteiger partial charge in [-0.15, -0.1) is 0 Å². The van der Waals surface area contributed by atoms with Crippen molar-refractivity contribution in [3.63, 3.8) is 0 Å². The molecular weight excluding hydrogens is 205 g/mol. The van der Waals surface area contributed by atoms with Gasteiger partial charge in [0.25, 0.3) is 0 Å². The highest BCUT2D eigenvalue weighted by Crippen LogP contribution is 2.11. The van der Waals surface area contributed by atoms with E-state index in [4.69, 9.17) is 7.85 Å². The number of hydrogen-bond donors (Lipinski definition) is 1. The summed E-state index contributed by atoms with van der Waals surface area (Å²) >= 11 is 0. The Balaban J connectivity index is 2.04. The van der Waals surface area contributed by atoms with Crippen molar-refractivity contribution in [2.45, 2.75) is 20.4 Å². The topological polar surface area (TPSA) is 12.0 Å². The van der Waals surface area contributed by atoms with Crippen LogP contribution in [-0.2, 0) is 6.54 Å². The molecule has 17 heavy (non-hydrogen) atoms. The van der Waals surface area contributed by atoms with Crippen molar-refractivity contribution < 1.29 is 0 Å². The van der Waals surface area contributed by atoms with Crippen molar-refractivity contribution in [2.24, 2.45) is 0 Å². The van der Waals surface area contributed by atoms with Crippen LogP contribution in [0.2, 0.25) is 0 Å². The van der Waals surface area contributed by atoms with E-state index >= 15 is 0 Å². The molecule has 0 unspecified atom stereocenters. The van der Waals surface area contributed by atoms with Gasteiger partial charge in [0.05, 0.1) is 0 Å². The first-order valence-corrected chi connectivity index (χ1v) is 5.80. The molecule has 2 aromatic carbocycles. The van der Waals surface area contributed by atoms with E-state index in [1.54, 1.807) is 0 Å². The fraction of sp³-hybridized carbons (Fsp3) is 0.200. The highest BCUT2D eigenvalue weighted by Gasteiger charge is 1.96. The molecular formula is C15H16BN. The summed E-state index contributed by atoms with van der Waals surface area (Å²) in [6.07, 6.45) is 0. The van der Waals surface area contributed by atoms with Crippen LogP contribution in [0.15, 0.2) is 42.5 Å². The summed E-state index contributed by atoms with van der Waals surface area (Å²) in [7, 11) is 5.65. The first kappa shape index (κ1) is 11.8. The molecule has 0 bridgehead atoms. The zero-order chi connectivity index (χ0) is 12.3. The van der Waals surface area contributed by atoms with E-state index in [2.05, 4.69) is 37.4 Å². The fourth-order valence-electron chi connectivity index (χ4n) is 1.98. The minimum absolute atomic E-state index is 0.793. The normalized spacial score (nSPS) is 10.2. The summed E-state index contributed by atoms with van der Waals surface area (Å²) in [4.78, 5) is 0. The molecule has 0 aromatic heterocycles. The molecule has 1 N–H and O–H groups in total. The molecule has 2 rings (SSSR count). The van der Waals surface area contributed by atoms with Crippen LogP contribution in [0, 0.1) is 13.8 Å². The molecule has 2 aromatic rings. The Hall–Kier alpha value is -1.70. The summed E-state index contributed by atoms with van der Waals surface area (Å²) in [5.74, 6) is 0. The molecule has 0 saturated heterocycles. The average Bonchev–Trinajstić information content (AvgIpc) is 2.27. The molecule has 0 heterocycles. The van der Waals surface area contributed by atoms with Gasteiger partial charge in [-0.05, 0) is 31.5 Å². The zero-order valence-electron chi connectivity index (χ0n) is 10.3. The molecule has 0 saturated carbocycles. The molecule has 0 amide bonds. The lowest BCUT2D eigenvalue weighted by molar-refractivity contribution is 1.13. The van der Waals surface area contributed by atoms with Gasteiger partial charge in [0.2, 0.25) is 0 Å². The Morgan fingerprint density at radius 1 is 0.941 bits per heavy atom. The number of nitrogens with one attached hydrogen (secondary N) is 1. The number of hydrogen-bond acceptors (Lipinski definition) is 1. The molecule has 0 spiro atoms. The monoisotopic (exact) mass is 221 g/mol. The third-order valence-electron chi connectivity index (χ3n) is 2.69. The Morgan fingerprint density at radius 2 is 1.53 bits per heavy atom. The number of anilines is 1. The van der Waals surface area contributed by atoms with E-state index in [1.807, 2.05) is 24.3 Å². The third kappa shape index (κ3) is 3.38. The van der Waals surface area contributed by atoms with Crippen molar-refractivity contribution in [1.29, 1.82) is 0 Å². The molecule has 2 heteroatoms. The molecule has 1 nitrogen and oxygen atoms in total. The van der Waals surface area contributed by atoms with Gasteiger partial charge in [0, 0.05) is 12.2 Å². The van der Waals surface area contributed by atoms with E-state index in [9.17, 15) is 0 Å². The van der Waals surface area contributed by atoms with E-state index in [0.717, 1.165) is 17.7 Å². The van der Waals surface area contributed by atoms with Gasteiger partial charge in [-0.3, -0.25) is 0 Å². The van der Waals surface area contributed by atoms with Crippen molar-refractivity contribution in [3.05, 3.63) is 59.2 Å². The standard InChI is InChI=1S/C15H16BN/c1-11-7-12(2)9-13(8-11)10-17-15-5-3-14(16)4-6-15/h3-9,17H,10H2,1-2H3. The van der Waals surface area contributed by atoms with Crippen molar-refractivity contribution >= 4 is 19.0 Å². The quantitative estimate of drug-likeness (QED) is 0.785. The maximum atomic E-state index is 5.65. The zero-order valence-corrected chi connectivity index (χ0v) is 10.3. The first-order valence-electron chi connectivity index (χ1n) is 5.80. The second-order valence-electron chi connectivity index (χ2n) is 4.47. The second-order valence-corrected chi connectivity index (χ2v) is 4.47. The molecule has 0 aliphatic rings. The van der Waals surface area contributed by atoms with Gasteiger partial charge in [0.15, 0.2) is 0 Å². The minimum Gasteiger partial charge on any atom is -0.381 e. The van der Waals surface area contributed by atoms with Gasteiger partial charge in [-0.2, -0.15) is 0 Å². The van der Waals surface area contributed by atoms with E-state index in [-0.39, 0.29) is 0 Å². The molecule has 0 fully saturated rings. The smallest absolute Gasteiger partial charge is 0.113 e. The summed E-state index contributed by atoms with van der Waals surface area (Å²) in [6, 6.07) is 14.4. The van der Waals surface area contributed by atoms with Crippen LogP contribution in [0.1, 0.15) is 16.7 Å². The third-order valence-corrected chi connectivity index (χ3v) is 2.69. The Morgan fingerprint density at radius 3 is 2.12 bits per heavy atom. The maximum Gasteiger partial charge on any atom is 0.113 e. The van der Waals surface area contributed by atoms with Gasteiger partial charge in [0.1, 0.15) is 7.85 Å². The number of aryl methyl sites for hydroxylation is 2. The largest absolute Gasteiger partial charge is 0.381 e. The van der Waals surface area contributed by atoms with Crippen LogP contribution in [0.3, 0.4) is 0 Å². The summed E-state index contributed by atoms with van der Waals surface area (Å²) in [6.45, 7) is 5.09. The number of benzene rings is 2. The lowest BCUT2D eigenvalue weighted by Crippen LogP contribution is -2.04. The van der Waals surface area contributed by atoms with Crippen LogP contribution in [0.5, 0.6) is 0 Å². The highest BCUT2D eigenvalue weighted by atomic mass is 14.9. The van der Waals surface area contributed by atoms with Gasteiger partial charge in [-0.25, -0.2) is 0 Å². The van der Waals surface area contributed by atoms with Crippen molar-refractivity contribution in [1.82, 2.24) is 0 Å². The summed E-state index contributed by atoms with van der Waals surface area (Å²) in [5, 5.41) is 3.39. The van der Waals surface area contributed by atoms with Gasteiger partial charge < -0.3 is 5.32 Å². The summed E-state index contributed by atoms with van der Waals surface area (Å²) in [5.41, 5.74) is 5.80. The molecule has 0 aliphatic carbocycles. The SMILES string of the molecule is [B]c1ccc(NCc2cc(C)cc(C)c2)cc1. The van der Waals surface area contributed by atoms with E-state index < -0.39 is 0 Å². The lowest BCUT2D eigenvalue weighted by atomic mass is 9.96. The first-order chi connectivity index (χ1) is 8.13. The van der Waals surface area contributed by atoms with Crippen LogP contribution in [0.25, 0.3) is 0 Å². The van der Waals surface area contributed by atoms with Crippen LogP contribution < -0.4 is 10.8 Å². The van der Waals surface area contributed by atoms with Crippen molar-refractivity contribution in [2.75, 3.05) is 5.32 Å². The molecule has 0 atom stereocenters. The van der Waals surface area contributed by atoms with Crippen LogP contribution in [-0.4, -0.2) is 7.85 Å². The van der Waals surface area contributed by atoms with E-state index in [1.165, 1.54) is 16.7 Å². The maximum absolute atomic E-state index is 5.65. The summed E-state index contributed by atoms with van der Waals surface area (Å²) < 4.78 is 0. The predicted molar refractivity (Wildman–Crippen MR) is 75.1 cm³/mol. The van der Waals surface area contributed by atoms with Gasteiger partial charge >= 0.3 is 0 Å². The Kier molecular flexibility index (Phi) is 3.53. The molecule has 0 aliphatic heterocycles. The highest BCUT2D eigenvalue weighted by molar-refractivity contribution is 6.32. The second kappa shape index (κ2) is 5.09. The van der Waals surface area contributed by atoms with Gasteiger partial charge in [-0.1, -0.05) is 46.9 Å². The predicted octanol–water partition coefficient (Wildman–Crippen LogP) is 2.71. The van der Waals surface area contributed by atoms with E-state index in [0.29, 0.717) is 0 Å². The molecule has 84 valence electrons. The van der Waals surface area contributed by atoms with Crippen LogP contribution >= 0.6 is 0 Å². The lowest BCUT2D eigenvalue weighted by Gasteiger charge is -2.08. The number of rotatable bonds is 3. The Labute approximate surface area is 104 Å². The minimum atomic E-state index is 0.793. The average molecular weight is 221 g/mol. The fourth-order valence-corrected chi connectivity index (χ4v) is 1.98. The molecule has 2 radical (unpaired) electrons. The van der Waals surface area contributed by atoms with Crippen LogP contribution in [0.4, 0.5) is 5.69 Å². The Bertz CT molecular complexity index is 483. The van der Waals surface area contributed by atoms with Crippen molar-refractivity contribution in [3.8, 4) is 0 Å².